The van der Waals surface area contributed by atoms with Crippen molar-refractivity contribution in [2.45, 2.75) is 124 Å². The van der Waals surface area contributed by atoms with Crippen molar-refractivity contribution < 1.29 is 0 Å². The van der Waals surface area contributed by atoms with E-state index in [1.165, 1.54) is 44.2 Å². The fourth-order valence-corrected chi connectivity index (χ4v) is 9.94. The van der Waals surface area contributed by atoms with Gasteiger partial charge in [-0.1, -0.05) is 188 Å². The van der Waals surface area contributed by atoms with Gasteiger partial charge in [0.15, 0.2) is 0 Å². The summed E-state index contributed by atoms with van der Waals surface area (Å²) in [6.07, 6.45) is 0. The van der Waals surface area contributed by atoms with E-state index in [2.05, 4.69) is 299 Å². The first-order valence-corrected chi connectivity index (χ1v) is 25.3. The Morgan fingerprint density at radius 2 is 0.543 bits per heavy atom. The van der Waals surface area contributed by atoms with Gasteiger partial charge in [-0.15, -0.1) is 0 Å². The Kier molecular flexibility index (Phi) is 12.3. The monoisotopic (exact) mass is 920 g/mol. The molecule has 0 aliphatic rings. The van der Waals surface area contributed by atoms with Crippen molar-refractivity contribution in [3.63, 3.8) is 0 Å². The summed E-state index contributed by atoms with van der Waals surface area (Å²) in [5.74, 6) is 0. The quantitative estimate of drug-likeness (QED) is 0.143. The summed E-state index contributed by atoms with van der Waals surface area (Å²) < 4.78 is 2.46. The number of hydrogen-bond donors (Lipinski definition) is 0. The van der Waals surface area contributed by atoms with Crippen molar-refractivity contribution in [1.82, 2.24) is 4.57 Å². The van der Waals surface area contributed by atoms with Gasteiger partial charge in [0.05, 0.1) is 11.0 Å². The van der Waals surface area contributed by atoms with E-state index in [-0.39, 0.29) is 27.1 Å². The van der Waals surface area contributed by atoms with Gasteiger partial charge in [-0.25, -0.2) is 0 Å². The minimum Gasteiger partial charge on any atom is -0.310 e. The van der Waals surface area contributed by atoms with E-state index in [1.54, 1.807) is 0 Å². The number of benzene rings is 8. The summed E-state index contributed by atoms with van der Waals surface area (Å²) in [5, 5.41) is 2.38. The Hall–Kier alpha value is -6.84. The zero-order valence-corrected chi connectivity index (χ0v) is 44.2. The van der Waals surface area contributed by atoms with Crippen LogP contribution in [0.1, 0.15) is 130 Å². The van der Waals surface area contributed by atoms with Gasteiger partial charge in [-0.05, 0) is 152 Å². The van der Waals surface area contributed by atoms with E-state index in [0.29, 0.717) is 0 Å². The van der Waals surface area contributed by atoms with Gasteiger partial charge in [0.2, 0.25) is 0 Å². The molecule has 1 aromatic heterocycles. The summed E-state index contributed by atoms with van der Waals surface area (Å²) in [6.45, 7) is 32.0. The van der Waals surface area contributed by atoms with E-state index in [9.17, 15) is 0 Å². The fraction of sp³-hybridized carbons (Fsp3) is 0.284. The van der Waals surface area contributed by atoms with Gasteiger partial charge in [0.25, 0.3) is 0 Å². The van der Waals surface area contributed by atoms with Gasteiger partial charge in [0.1, 0.15) is 0 Å². The summed E-state index contributed by atoms with van der Waals surface area (Å²) >= 11 is 0. The average Bonchev–Trinajstić information content (AvgIpc) is 3.64. The lowest BCUT2D eigenvalue weighted by molar-refractivity contribution is 0.590. The second kappa shape index (κ2) is 17.8. The lowest BCUT2D eigenvalue weighted by Gasteiger charge is -2.28. The zero-order valence-electron chi connectivity index (χ0n) is 44.2. The van der Waals surface area contributed by atoms with Crippen LogP contribution in [0, 0.1) is 0 Å². The number of fused-ring (bicyclic) bond motifs is 3. The van der Waals surface area contributed by atoms with Crippen LogP contribution in [0.4, 0.5) is 34.1 Å². The number of aromatic nitrogens is 1. The molecule has 356 valence electrons. The highest BCUT2D eigenvalue weighted by Gasteiger charge is 2.26. The summed E-state index contributed by atoms with van der Waals surface area (Å²) in [5.41, 5.74) is 18.0. The highest BCUT2D eigenvalue weighted by atomic mass is 15.1. The van der Waals surface area contributed by atoms with Crippen molar-refractivity contribution in [2.24, 2.45) is 0 Å². The van der Waals surface area contributed by atoms with Crippen molar-refractivity contribution >= 4 is 55.9 Å². The van der Waals surface area contributed by atoms with Crippen LogP contribution in [0.25, 0.3) is 27.5 Å². The molecule has 9 rings (SSSR count). The standard InChI is InChI=1S/C67H73N3/c1-63(2,3)46-20-30-52(31-21-46)68(53-32-22-47(23-33-53)64(4,5)6)57-40-42-61-59(44-57)60-45-58(41-43-62(60)70(61)56-38-28-51(29-39-56)67(13,14)50-18-16-15-17-19-50)69(54-34-24-48(25-35-54)65(7,8)9)55-36-26-49(27-37-55)66(10,11)12/h15-45H,1-14H3. The van der Waals surface area contributed by atoms with Crippen molar-refractivity contribution in [2.75, 3.05) is 9.80 Å². The molecule has 70 heavy (non-hydrogen) atoms. The normalized spacial score (nSPS) is 12.7. The van der Waals surface area contributed by atoms with Gasteiger partial charge in [-0.3, -0.25) is 0 Å². The van der Waals surface area contributed by atoms with Crippen LogP contribution in [0.15, 0.2) is 188 Å². The fourth-order valence-electron chi connectivity index (χ4n) is 9.94. The van der Waals surface area contributed by atoms with Gasteiger partial charge >= 0.3 is 0 Å². The second-order valence-corrected chi connectivity index (χ2v) is 24.1. The van der Waals surface area contributed by atoms with Crippen LogP contribution in [0.3, 0.4) is 0 Å². The van der Waals surface area contributed by atoms with E-state index in [0.717, 1.165) is 50.8 Å². The molecule has 1 heterocycles. The van der Waals surface area contributed by atoms with Crippen LogP contribution in [0.5, 0.6) is 0 Å². The Morgan fingerprint density at radius 1 is 0.271 bits per heavy atom. The SMILES string of the molecule is CC(C)(C)c1ccc(N(c2ccc(C(C)(C)C)cc2)c2ccc3c(c2)c2cc(N(c4ccc(C(C)(C)C)cc4)c4ccc(C(C)(C)C)cc4)ccc2n3-c2ccc(C(C)(C)c3ccccc3)cc2)cc1. The molecule has 0 bridgehead atoms. The number of nitrogens with zero attached hydrogens (tertiary/aromatic N) is 3. The molecule has 0 N–H and O–H groups in total. The van der Waals surface area contributed by atoms with E-state index >= 15 is 0 Å². The molecule has 8 aromatic carbocycles. The van der Waals surface area contributed by atoms with Crippen LogP contribution in [0.2, 0.25) is 0 Å². The Bertz CT molecular complexity index is 2960. The van der Waals surface area contributed by atoms with Crippen molar-refractivity contribution in [3.8, 4) is 5.69 Å². The first-order chi connectivity index (χ1) is 33.0. The molecule has 0 spiro atoms. The summed E-state index contributed by atoms with van der Waals surface area (Å²) in [7, 11) is 0. The van der Waals surface area contributed by atoms with Crippen LogP contribution in [-0.4, -0.2) is 4.57 Å². The number of hydrogen-bond acceptors (Lipinski definition) is 2. The van der Waals surface area contributed by atoms with Crippen LogP contribution in [-0.2, 0) is 27.1 Å². The zero-order chi connectivity index (χ0) is 50.0. The maximum absolute atomic E-state index is 2.46. The highest BCUT2D eigenvalue weighted by Crippen LogP contribution is 2.44. The van der Waals surface area contributed by atoms with Gasteiger partial charge < -0.3 is 14.4 Å². The molecule has 0 atom stereocenters. The predicted molar refractivity (Wildman–Crippen MR) is 304 cm³/mol. The third-order valence-corrected chi connectivity index (χ3v) is 14.6. The van der Waals surface area contributed by atoms with Crippen molar-refractivity contribution in [1.29, 1.82) is 0 Å². The highest BCUT2D eigenvalue weighted by molar-refractivity contribution is 6.12. The lowest BCUT2D eigenvalue weighted by atomic mass is 9.78. The van der Waals surface area contributed by atoms with E-state index in [4.69, 9.17) is 0 Å². The van der Waals surface area contributed by atoms with E-state index < -0.39 is 0 Å². The van der Waals surface area contributed by atoms with E-state index in [1.807, 2.05) is 0 Å². The molecular weight excluding hydrogens is 847 g/mol. The third kappa shape index (κ3) is 9.44. The molecule has 3 nitrogen and oxygen atoms in total. The van der Waals surface area contributed by atoms with Crippen LogP contribution < -0.4 is 9.80 Å². The Morgan fingerprint density at radius 3 is 0.843 bits per heavy atom. The minimum atomic E-state index is -0.149. The summed E-state index contributed by atoms with van der Waals surface area (Å²) in [6, 6.07) is 70.8. The summed E-state index contributed by atoms with van der Waals surface area (Å²) in [4.78, 5) is 4.84. The third-order valence-electron chi connectivity index (χ3n) is 14.6. The molecule has 0 fully saturated rings. The molecule has 0 saturated heterocycles. The molecule has 9 aromatic rings. The molecule has 0 aliphatic carbocycles. The molecule has 0 saturated carbocycles. The second-order valence-electron chi connectivity index (χ2n) is 24.1. The Balaban J connectivity index is 1.27. The molecule has 0 radical (unpaired) electrons. The van der Waals surface area contributed by atoms with Crippen molar-refractivity contribution in [3.05, 3.63) is 221 Å². The molecule has 0 unspecified atom stereocenters. The molecule has 0 aliphatic heterocycles. The lowest BCUT2D eigenvalue weighted by Crippen LogP contribution is -2.18. The largest absolute Gasteiger partial charge is 0.310 e. The number of rotatable bonds is 9. The maximum atomic E-state index is 2.46. The van der Waals surface area contributed by atoms with Gasteiger partial charge in [0, 0.05) is 56.0 Å². The topological polar surface area (TPSA) is 11.4 Å². The number of anilines is 6. The maximum Gasteiger partial charge on any atom is 0.0542 e. The first kappa shape index (κ1) is 48.2. The minimum absolute atomic E-state index is 0.0445. The Labute approximate surface area is 419 Å². The first-order valence-electron chi connectivity index (χ1n) is 25.3. The predicted octanol–water partition coefficient (Wildman–Crippen LogP) is 19.2. The molecular formula is C67H73N3. The molecule has 0 amide bonds. The average molecular weight is 920 g/mol. The molecule has 3 heteroatoms. The van der Waals surface area contributed by atoms with Crippen LogP contribution >= 0.6 is 0 Å². The van der Waals surface area contributed by atoms with Gasteiger partial charge in [-0.2, -0.15) is 0 Å². The smallest absolute Gasteiger partial charge is 0.0542 e.